The minimum absolute atomic E-state index is 0.0547. The largest absolute Gasteiger partial charge is 0.506 e. The van der Waals surface area contributed by atoms with E-state index in [-0.39, 0.29) is 18.0 Å². The lowest BCUT2D eigenvalue weighted by atomic mass is 10.1. The molecule has 0 amide bonds. The number of benzene rings is 1. The zero-order chi connectivity index (χ0) is 10.8. The van der Waals surface area contributed by atoms with E-state index in [0.29, 0.717) is 22.9 Å². The van der Waals surface area contributed by atoms with Crippen molar-refractivity contribution in [1.82, 2.24) is 4.98 Å². The maximum absolute atomic E-state index is 12.9. The zero-order valence-corrected chi connectivity index (χ0v) is 7.77. The van der Waals surface area contributed by atoms with E-state index in [4.69, 9.17) is 0 Å². The summed E-state index contributed by atoms with van der Waals surface area (Å²) >= 11 is 0. The molecule has 2 aromatic rings. The Morgan fingerprint density at radius 1 is 1.40 bits per heavy atom. The molecule has 1 heterocycles. The van der Waals surface area contributed by atoms with Gasteiger partial charge in [-0.15, -0.1) is 0 Å². The predicted octanol–water partition coefficient (Wildman–Crippen LogP) is 1.82. The van der Waals surface area contributed by atoms with E-state index in [1.807, 2.05) is 0 Å². The quantitative estimate of drug-likeness (QED) is 0.761. The van der Waals surface area contributed by atoms with Crippen molar-refractivity contribution in [1.29, 1.82) is 0 Å². The summed E-state index contributed by atoms with van der Waals surface area (Å²) in [6.45, 7) is 0. The number of aromatic nitrogens is 1. The third-order valence-corrected chi connectivity index (χ3v) is 2.11. The fraction of sp³-hybridized carbons (Fsp3) is 0.0909. The van der Waals surface area contributed by atoms with Gasteiger partial charge < -0.3 is 9.90 Å². The van der Waals surface area contributed by atoms with E-state index in [2.05, 4.69) is 4.98 Å². The van der Waals surface area contributed by atoms with Gasteiger partial charge in [-0.25, -0.2) is 9.37 Å². The van der Waals surface area contributed by atoms with Crippen LogP contribution in [-0.2, 0) is 11.2 Å². The molecule has 1 aromatic heterocycles. The van der Waals surface area contributed by atoms with Crippen molar-refractivity contribution in [3.8, 4) is 5.75 Å². The number of rotatable bonds is 2. The van der Waals surface area contributed by atoms with Crippen LogP contribution in [0.2, 0.25) is 0 Å². The highest BCUT2D eigenvalue weighted by Crippen LogP contribution is 2.22. The Hall–Kier alpha value is -1.97. The first kappa shape index (κ1) is 9.58. The summed E-state index contributed by atoms with van der Waals surface area (Å²) in [5.74, 6) is -0.466. The van der Waals surface area contributed by atoms with Crippen LogP contribution in [0, 0.1) is 5.82 Å². The summed E-state index contributed by atoms with van der Waals surface area (Å²) < 4.78 is 12.9. The molecule has 0 saturated carbocycles. The maximum atomic E-state index is 12.9. The minimum atomic E-state index is -0.383. The molecule has 0 aliphatic carbocycles. The normalized spacial score (nSPS) is 10.5. The number of nitrogens with zero attached hydrogens (tertiary/aromatic N) is 1. The standard InChI is InChI=1S/C11H8FNO2/c12-8-1-2-9-7(5-8)6-11(15)10(13-9)3-4-14/h1-2,4-6,15H,3H2. The number of hydrogen-bond acceptors (Lipinski definition) is 3. The number of carbonyl (C=O) groups is 1. The van der Waals surface area contributed by atoms with Gasteiger partial charge in [-0.1, -0.05) is 0 Å². The Morgan fingerprint density at radius 2 is 2.20 bits per heavy atom. The average Bonchev–Trinajstić information content (AvgIpc) is 2.20. The fourth-order valence-electron chi connectivity index (χ4n) is 1.41. The molecule has 15 heavy (non-hydrogen) atoms. The highest BCUT2D eigenvalue weighted by Gasteiger charge is 2.05. The summed E-state index contributed by atoms with van der Waals surface area (Å²) in [5, 5.41) is 10.0. The number of pyridine rings is 1. The van der Waals surface area contributed by atoms with Crippen LogP contribution in [0.5, 0.6) is 5.75 Å². The molecule has 0 atom stereocenters. The van der Waals surface area contributed by atoms with E-state index >= 15 is 0 Å². The molecule has 0 spiro atoms. The molecule has 0 bridgehead atoms. The van der Waals surface area contributed by atoms with Crippen molar-refractivity contribution in [2.45, 2.75) is 6.42 Å². The number of aromatic hydroxyl groups is 1. The maximum Gasteiger partial charge on any atom is 0.138 e. The Kier molecular flexibility index (Phi) is 2.33. The van der Waals surface area contributed by atoms with E-state index in [1.54, 1.807) is 0 Å². The van der Waals surface area contributed by atoms with Gasteiger partial charge in [0.2, 0.25) is 0 Å². The third-order valence-electron chi connectivity index (χ3n) is 2.11. The first-order chi connectivity index (χ1) is 7.20. The van der Waals surface area contributed by atoms with Crippen LogP contribution < -0.4 is 0 Å². The lowest BCUT2D eigenvalue weighted by Crippen LogP contribution is -1.93. The van der Waals surface area contributed by atoms with E-state index in [1.165, 1.54) is 24.3 Å². The second-order valence-electron chi connectivity index (χ2n) is 3.16. The Labute approximate surface area is 85.2 Å². The molecule has 2 rings (SSSR count). The number of carbonyl (C=O) groups excluding carboxylic acids is 1. The number of fused-ring (bicyclic) bond motifs is 1. The summed E-state index contributed by atoms with van der Waals surface area (Å²) in [6, 6.07) is 5.49. The molecular formula is C11H8FNO2. The Balaban J connectivity index is 2.64. The molecule has 1 aromatic carbocycles. The van der Waals surface area contributed by atoms with Crippen LogP contribution in [0.15, 0.2) is 24.3 Å². The predicted molar refractivity (Wildman–Crippen MR) is 53.1 cm³/mol. The summed E-state index contributed by atoms with van der Waals surface area (Å²) in [6.07, 6.45) is 0.719. The van der Waals surface area contributed by atoms with Crippen molar-refractivity contribution in [3.63, 3.8) is 0 Å². The van der Waals surface area contributed by atoms with Gasteiger partial charge in [0.25, 0.3) is 0 Å². The van der Waals surface area contributed by atoms with Gasteiger partial charge in [0, 0.05) is 11.8 Å². The second kappa shape index (κ2) is 3.65. The summed E-state index contributed by atoms with van der Waals surface area (Å²) in [4.78, 5) is 14.4. The number of hydrogen-bond donors (Lipinski definition) is 1. The van der Waals surface area contributed by atoms with Crippen LogP contribution in [0.25, 0.3) is 10.9 Å². The molecule has 0 aliphatic rings. The molecule has 0 saturated heterocycles. The van der Waals surface area contributed by atoms with E-state index < -0.39 is 0 Å². The molecule has 0 aliphatic heterocycles. The van der Waals surface area contributed by atoms with Gasteiger partial charge in [-0.2, -0.15) is 0 Å². The first-order valence-corrected chi connectivity index (χ1v) is 4.42. The van der Waals surface area contributed by atoms with Gasteiger partial charge in [0.15, 0.2) is 0 Å². The monoisotopic (exact) mass is 205 g/mol. The molecule has 4 heteroatoms. The van der Waals surface area contributed by atoms with Crippen LogP contribution in [0.4, 0.5) is 4.39 Å². The molecule has 3 nitrogen and oxygen atoms in total. The average molecular weight is 205 g/mol. The lowest BCUT2D eigenvalue weighted by molar-refractivity contribution is -0.107. The molecule has 76 valence electrons. The van der Waals surface area contributed by atoms with E-state index in [9.17, 15) is 14.3 Å². The highest BCUT2D eigenvalue weighted by atomic mass is 19.1. The summed E-state index contributed by atoms with van der Waals surface area (Å²) in [7, 11) is 0. The minimum Gasteiger partial charge on any atom is -0.506 e. The Morgan fingerprint density at radius 3 is 2.93 bits per heavy atom. The van der Waals surface area contributed by atoms with Crippen molar-refractivity contribution in [2.75, 3.05) is 0 Å². The van der Waals surface area contributed by atoms with Gasteiger partial charge in [0.05, 0.1) is 11.2 Å². The molecular weight excluding hydrogens is 197 g/mol. The first-order valence-electron chi connectivity index (χ1n) is 4.42. The second-order valence-corrected chi connectivity index (χ2v) is 3.16. The number of halogens is 1. The van der Waals surface area contributed by atoms with Crippen molar-refractivity contribution < 1.29 is 14.3 Å². The third kappa shape index (κ3) is 1.79. The molecule has 0 fully saturated rings. The van der Waals surface area contributed by atoms with E-state index in [0.717, 1.165) is 0 Å². The SMILES string of the molecule is O=CCc1nc2ccc(F)cc2cc1O. The van der Waals surface area contributed by atoms with Crippen molar-refractivity contribution in [3.05, 3.63) is 35.8 Å². The van der Waals surface area contributed by atoms with Crippen molar-refractivity contribution >= 4 is 17.2 Å². The van der Waals surface area contributed by atoms with Gasteiger partial charge in [-0.3, -0.25) is 0 Å². The topological polar surface area (TPSA) is 50.2 Å². The smallest absolute Gasteiger partial charge is 0.138 e. The molecule has 0 unspecified atom stereocenters. The van der Waals surface area contributed by atoms with Crippen molar-refractivity contribution in [2.24, 2.45) is 0 Å². The van der Waals surface area contributed by atoms with Crippen LogP contribution in [0.3, 0.4) is 0 Å². The van der Waals surface area contributed by atoms with Crippen LogP contribution in [0.1, 0.15) is 5.69 Å². The lowest BCUT2D eigenvalue weighted by Gasteiger charge is -2.03. The van der Waals surface area contributed by atoms with Gasteiger partial charge in [-0.05, 0) is 24.3 Å². The van der Waals surface area contributed by atoms with Gasteiger partial charge in [0.1, 0.15) is 17.9 Å². The zero-order valence-electron chi connectivity index (χ0n) is 7.77. The highest BCUT2D eigenvalue weighted by molar-refractivity contribution is 5.80. The van der Waals surface area contributed by atoms with Gasteiger partial charge >= 0.3 is 0 Å². The number of aldehydes is 1. The summed E-state index contributed by atoms with van der Waals surface area (Å²) in [5.41, 5.74) is 0.871. The Bertz CT molecular complexity index is 525. The van der Waals surface area contributed by atoms with Crippen LogP contribution in [-0.4, -0.2) is 16.4 Å². The molecule has 0 radical (unpaired) electrons. The molecule has 1 N–H and O–H groups in total. The fourth-order valence-corrected chi connectivity index (χ4v) is 1.41. The van der Waals surface area contributed by atoms with Crippen LogP contribution >= 0.6 is 0 Å².